The molecule has 1 aromatic carbocycles. The van der Waals surface area contributed by atoms with Crippen molar-refractivity contribution in [3.8, 4) is 0 Å². The van der Waals surface area contributed by atoms with Crippen molar-refractivity contribution in [2.24, 2.45) is 23.2 Å². The van der Waals surface area contributed by atoms with Crippen molar-refractivity contribution >= 4 is 46.9 Å². The highest BCUT2D eigenvalue weighted by Gasteiger charge is 2.72. The summed E-state index contributed by atoms with van der Waals surface area (Å²) in [7, 11) is 3.04. The number of amides is 4. The van der Waals surface area contributed by atoms with Crippen LogP contribution in [0.25, 0.3) is 0 Å². The largest absolute Gasteiger partial charge is 0.469 e. The molecule has 6 atom stereocenters. The highest BCUT2D eigenvalue weighted by Crippen LogP contribution is 2.67. The van der Waals surface area contributed by atoms with E-state index in [1.165, 1.54) is 32.3 Å². The molecule has 3 aliphatic carbocycles. The van der Waals surface area contributed by atoms with Crippen LogP contribution in [0, 0.1) is 23.2 Å². The highest BCUT2D eigenvalue weighted by atomic mass is 32.1. The molecule has 5 rings (SSSR count). The quantitative estimate of drug-likeness (QED) is 0.171. The van der Waals surface area contributed by atoms with Crippen LogP contribution >= 0.6 is 11.3 Å². The van der Waals surface area contributed by atoms with Gasteiger partial charge in [0, 0.05) is 50.3 Å². The van der Waals surface area contributed by atoms with Gasteiger partial charge >= 0.3 is 11.9 Å². The number of benzene rings is 1. The Balaban J connectivity index is 1.49. The number of methoxy groups -OCH3 is 1. The van der Waals surface area contributed by atoms with E-state index in [4.69, 9.17) is 9.47 Å². The molecule has 3 aliphatic rings. The van der Waals surface area contributed by atoms with Gasteiger partial charge in [-0.15, -0.1) is 11.3 Å². The average Bonchev–Trinajstić information content (AvgIpc) is 3.59. The van der Waals surface area contributed by atoms with E-state index in [0.29, 0.717) is 43.5 Å². The molecule has 3 N–H and O–H groups in total. The number of carbonyl (C=O) groups is 6. The van der Waals surface area contributed by atoms with Gasteiger partial charge < -0.3 is 30.3 Å². The Morgan fingerprint density at radius 2 is 1.61 bits per heavy atom. The zero-order valence-electron chi connectivity index (χ0n) is 33.0. The average molecular weight is 768 g/mol. The third kappa shape index (κ3) is 10.0. The summed E-state index contributed by atoms with van der Waals surface area (Å²) in [4.78, 5) is 83.9. The molecule has 0 radical (unpaired) electrons. The lowest BCUT2D eigenvalue weighted by Gasteiger charge is -2.69. The number of hydrogen-bond acceptors (Lipinski definition) is 10. The maximum absolute atomic E-state index is 14.2. The fourth-order valence-corrected chi connectivity index (χ4v) is 8.85. The molecule has 0 saturated heterocycles. The Hall–Kier alpha value is -4.33. The van der Waals surface area contributed by atoms with Crippen LogP contribution in [-0.4, -0.2) is 83.3 Å². The van der Waals surface area contributed by atoms with Crippen LogP contribution < -0.4 is 16.0 Å². The minimum Gasteiger partial charge on any atom is -0.469 e. The molecule has 54 heavy (non-hydrogen) atoms. The molecule has 1 aromatic heterocycles. The maximum atomic E-state index is 14.2. The molecule has 0 unspecified atom stereocenters. The van der Waals surface area contributed by atoms with Gasteiger partial charge in [-0.1, -0.05) is 71.4 Å². The van der Waals surface area contributed by atoms with Gasteiger partial charge in [-0.05, 0) is 49.5 Å². The van der Waals surface area contributed by atoms with Crippen LogP contribution in [-0.2, 0) is 39.9 Å². The number of esters is 2. The molecule has 296 valence electrons. The number of thiazole rings is 1. The van der Waals surface area contributed by atoms with Crippen LogP contribution in [0.15, 0.2) is 35.7 Å². The second-order valence-electron chi connectivity index (χ2n) is 15.8. The Kier molecular flexibility index (Phi) is 14.0. The monoisotopic (exact) mass is 767 g/mol. The number of likely N-dealkylation sites (N-methyl/N-ethyl adjacent to an activating group) is 1. The van der Waals surface area contributed by atoms with Gasteiger partial charge in [0.25, 0.3) is 5.91 Å². The maximum Gasteiger partial charge on any atom is 0.308 e. The molecule has 2 aromatic rings. The molecule has 3 fully saturated rings. The standard InChI is InChI=1S/C40H57N5O8S/c1-10-24(4)33(43-38(51)39-20-40(21-39,22-39)44-26(6)46)36(49)45(8)31(23(2)3)18-32(53-27(7)47)35-42-30(19-54-35)34(48)41-29(16-25(5)37(50)52-9)17-28-14-12-11-13-15-28/h11-15,19,23-25,29,31-33H,10,16-18,20-22H2,1-9H3,(H,41,48)(H,43,51)(H,44,46)/t24-,25-,29+,31+,32+,33-,39?,40?/m0/s1. The summed E-state index contributed by atoms with van der Waals surface area (Å²) in [5.41, 5.74) is 0.265. The second kappa shape index (κ2) is 17.9. The van der Waals surface area contributed by atoms with Gasteiger partial charge in [0.15, 0.2) is 6.10 Å². The number of ether oxygens (including phenoxy) is 2. The fourth-order valence-electron chi connectivity index (χ4n) is 8.01. The number of nitrogens with zero attached hydrogens (tertiary/aromatic N) is 2. The predicted molar refractivity (Wildman–Crippen MR) is 204 cm³/mol. The van der Waals surface area contributed by atoms with Crippen LogP contribution in [0.5, 0.6) is 0 Å². The van der Waals surface area contributed by atoms with E-state index in [1.54, 1.807) is 24.3 Å². The second-order valence-corrected chi connectivity index (χ2v) is 16.7. The number of rotatable bonds is 19. The van der Waals surface area contributed by atoms with Crippen molar-refractivity contribution in [1.29, 1.82) is 0 Å². The summed E-state index contributed by atoms with van der Waals surface area (Å²) >= 11 is 1.19. The SMILES string of the molecule is CC[C@H](C)[C@H](NC(=O)C12CC(NC(C)=O)(C1)C2)C(=O)N(C)[C@H](C[C@@H](OC(C)=O)c1nc(C(=O)N[C@@H](Cc2ccccc2)C[C@H](C)C(=O)OC)cs1)C(C)C. The molecule has 1 heterocycles. The third-order valence-corrected chi connectivity index (χ3v) is 12.0. The summed E-state index contributed by atoms with van der Waals surface area (Å²) in [6.45, 7) is 12.4. The topological polar surface area (TPSA) is 173 Å². The van der Waals surface area contributed by atoms with Crippen molar-refractivity contribution in [1.82, 2.24) is 25.8 Å². The molecule has 2 bridgehead atoms. The van der Waals surface area contributed by atoms with Crippen LogP contribution in [0.2, 0.25) is 0 Å². The first kappa shape index (κ1) is 42.4. The van der Waals surface area contributed by atoms with Crippen molar-refractivity contribution in [2.75, 3.05) is 14.2 Å². The molecular formula is C40H57N5O8S. The minimum atomic E-state index is -0.849. The van der Waals surface area contributed by atoms with Crippen LogP contribution in [0.3, 0.4) is 0 Å². The van der Waals surface area contributed by atoms with Crippen molar-refractivity contribution in [3.05, 3.63) is 52.0 Å². The summed E-state index contributed by atoms with van der Waals surface area (Å²) in [6, 6.07) is 8.08. The highest BCUT2D eigenvalue weighted by molar-refractivity contribution is 7.09. The first-order chi connectivity index (χ1) is 25.4. The molecule has 4 amide bonds. The first-order valence-corrected chi connectivity index (χ1v) is 19.7. The van der Waals surface area contributed by atoms with Gasteiger partial charge in [0.2, 0.25) is 17.7 Å². The van der Waals surface area contributed by atoms with Gasteiger partial charge in [-0.2, -0.15) is 0 Å². The van der Waals surface area contributed by atoms with Crippen molar-refractivity contribution in [3.63, 3.8) is 0 Å². The molecule has 0 spiro atoms. The normalized spacial score (nSPS) is 21.8. The van der Waals surface area contributed by atoms with Gasteiger partial charge in [0.05, 0.1) is 18.4 Å². The minimum absolute atomic E-state index is 0.0706. The predicted octanol–water partition coefficient (Wildman–Crippen LogP) is 4.75. The van der Waals surface area contributed by atoms with E-state index in [9.17, 15) is 28.8 Å². The Bertz CT molecular complexity index is 1660. The Labute approximate surface area is 322 Å². The van der Waals surface area contributed by atoms with Crippen molar-refractivity contribution < 1.29 is 38.2 Å². The van der Waals surface area contributed by atoms with E-state index in [-0.39, 0.29) is 59.2 Å². The Morgan fingerprint density at radius 1 is 0.963 bits per heavy atom. The molecule has 3 saturated carbocycles. The lowest BCUT2D eigenvalue weighted by molar-refractivity contribution is -0.184. The third-order valence-electron chi connectivity index (χ3n) is 11.0. The molecular weight excluding hydrogens is 711 g/mol. The first-order valence-electron chi connectivity index (χ1n) is 18.8. The zero-order chi connectivity index (χ0) is 40.0. The number of aromatic nitrogens is 1. The summed E-state index contributed by atoms with van der Waals surface area (Å²) < 4.78 is 10.7. The lowest BCUT2D eigenvalue weighted by atomic mass is 9.39. The van der Waals surface area contributed by atoms with E-state index < -0.39 is 41.4 Å². The molecule has 0 aliphatic heterocycles. The Morgan fingerprint density at radius 3 is 2.17 bits per heavy atom. The molecule has 13 nitrogen and oxygen atoms in total. The number of nitrogens with one attached hydrogen (secondary N) is 3. The van der Waals surface area contributed by atoms with Crippen LogP contribution in [0.4, 0.5) is 0 Å². The van der Waals surface area contributed by atoms with Gasteiger partial charge in [-0.25, -0.2) is 4.98 Å². The summed E-state index contributed by atoms with van der Waals surface area (Å²) in [5.74, 6) is -2.52. The fraction of sp³-hybridized carbons (Fsp3) is 0.625. The number of carbonyl (C=O) groups excluding carboxylic acids is 6. The van der Waals surface area contributed by atoms with E-state index >= 15 is 0 Å². The van der Waals surface area contributed by atoms with E-state index in [1.807, 2.05) is 58.0 Å². The lowest BCUT2D eigenvalue weighted by Crippen LogP contribution is -2.78. The van der Waals surface area contributed by atoms with Crippen molar-refractivity contribution in [2.45, 2.75) is 123 Å². The summed E-state index contributed by atoms with van der Waals surface area (Å²) in [6.07, 6.45) is 2.57. The van der Waals surface area contributed by atoms with Gasteiger partial charge in [0.1, 0.15) is 16.7 Å². The van der Waals surface area contributed by atoms with Crippen LogP contribution in [0.1, 0.15) is 114 Å². The van der Waals surface area contributed by atoms with Gasteiger partial charge in [-0.3, -0.25) is 28.8 Å². The van der Waals surface area contributed by atoms with E-state index in [2.05, 4.69) is 20.9 Å². The number of hydrogen-bond donors (Lipinski definition) is 3. The van der Waals surface area contributed by atoms with E-state index in [0.717, 1.165) is 5.56 Å². The smallest absolute Gasteiger partial charge is 0.308 e. The molecule has 14 heteroatoms. The summed E-state index contributed by atoms with van der Waals surface area (Å²) in [5, 5.41) is 11.1. The zero-order valence-corrected chi connectivity index (χ0v) is 33.8.